The van der Waals surface area contributed by atoms with Crippen LogP contribution in [0.25, 0.3) is 0 Å². The van der Waals surface area contributed by atoms with Crippen LogP contribution >= 0.6 is 11.8 Å². The lowest BCUT2D eigenvalue weighted by atomic mass is 10.1. The lowest BCUT2D eigenvalue weighted by Crippen LogP contribution is -2.05. The van der Waals surface area contributed by atoms with Crippen LogP contribution < -0.4 is 10.1 Å². The Morgan fingerprint density at radius 1 is 1.15 bits per heavy atom. The molecule has 0 saturated heterocycles. The lowest BCUT2D eigenvalue weighted by molar-refractivity contribution is 0.373. The van der Waals surface area contributed by atoms with Gasteiger partial charge in [-0.05, 0) is 55.8 Å². The van der Waals surface area contributed by atoms with E-state index in [1.165, 1.54) is 22.9 Å². The van der Waals surface area contributed by atoms with Crippen LogP contribution in [0.3, 0.4) is 0 Å². The van der Waals surface area contributed by atoms with Crippen molar-refractivity contribution in [3.63, 3.8) is 0 Å². The first-order valence-corrected chi connectivity index (χ1v) is 7.23. The summed E-state index contributed by atoms with van der Waals surface area (Å²) in [6, 6.07) is 6.61. The van der Waals surface area contributed by atoms with Gasteiger partial charge in [-0.25, -0.2) is 0 Å². The van der Waals surface area contributed by atoms with Crippen molar-refractivity contribution in [2.24, 2.45) is 0 Å². The van der Waals surface area contributed by atoms with Crippen LogP contribution in [-0.2, 0) is 0 Å². The maximum Gasteiger partial charge on any atom is 0.321 e. The molecular weight excluding hydrogens is 272 g/mol. The minimum absolute atomic E-state index is 0.322. The van der Waals surface area contributed by atoms with Gasteiger partial charge in [-0.3, -0.25) is 0 Å². The molecular formula is C14H18N4OS. The molecule has 0 aliphatic heterocycles. The van der Waals surface area contributed by atoms with Crippen LogP contribution in [0.5, 0.6) is 6.01 Å². The average Bonchev–Trinajstić information content (AvgIpc) is 2.43. The number of hydrogen-bond donors (Lipinski definition) is 1. The van der Waals surface area contributed by atoms with Gasteiger partial charge < -0.3 is 10.1 Å². The average molecular weight is 290 g/mol. The third kappa shape index (κ3) is 3.60. The highest BCUT2D eigenvalue weighted by atomic mass is 32.2. The van der Waals surface area contributed by atoms with Gasteiger partial charge in [-0.1, -0.05) is 6.07 Å². The molecule has 0 saturated carbocycles. The lowest BCUT2D eigenvalue weighted by Gasteiger charge is -2.07. The second kappa shape index (κ2) is 6.56. The second-order valence-corrected chi connectivity index (χ2v) is 5.35. The molecule has 2 rings (SSSR count). The van der Waals surface area contributed by atoms with Gasteiger partial charge in [0, 0.05) is 11.4 Å². The van der Waals surface area contributed by atoms with Gasteiger partial charge in [0.1, 0.15) is 0 Å². The summed E-state index contributed by atoms with van der Waals surface area (Å²) in [5, 5.41) is 3.69. The van der Waals surface area contributed by atoms with Gasteiger partial charge in [-0.2, -0.15) is 15.0 Å². The fraction of sp³-hybridized carbons (Fsp3) is 0.357. The number of rotatable bonds is 5. The zero-order chi connectivity index (χ0) is 14.5. The predicted molar refractivity (Wildman–Crippen MR) is 80.6 cm³/mol. The Kier molecular flexibility index (Phi) is 4.79. The van der Waals surface area contributed by atoms with E-state index in [1.807, 2.05) is 6.92 Å². The summed E-state index contributed by atoms with van der Waals surface area (Å²) in [5.74, 6) is 0.533. The van der Waals surface area contributed by atoms with Crippen LogP contribution in [0.2, 0.25) is 0 Å². The summed E-state index contributed by atoms with van der Waals surface area (Å²) in [7, 11) is 1.55. The van der Waals surface area contributed by atoms with Crippen molar-refractivity contribution in [2.45, 2.75) is 30.8 Å². The number of nitrogens with zero attached hydrogens (tertiary/aromatic N) is 3. The SMILES string of the molecule is CCNc1nc(OC)nc(Sc2ccc(C)c(C)c2)n1. The van der Waals surface area contributed by atoms with Crippen molar-refractivity contribution in [2.75, 3.05) is 19.0 Å². The standard InChI is InChI=1S/C14H18N4OS/c1-5-15-12-16-13(19-4)18-14(17-12)20-11-7-6-9(2)10(3)8-11/h6-8H,5H2,1-4H3,(H,15,16,17,18). The molecule has 0 aliphatic carbocycles. The van der Waals surface area contributed by atoms with E-state index in [1.54, 1.807) is 7.11 Å². The van der Waals surface area contributed by atoms with Crippen molar-refractivity contribution < 1.29 is 4.74 Å². The molecule has 0 bridgehead atoms. The molecule has 2 aromatic rings. The highest BCUT2D eigenvalue weighted by molar-refractivity contribution is 7.99. The van der Waals surface area contributed by atoms with Crippen LogP contribution in [0, 0.1) is 13.8 Å². The Balaban J connectivity index is 2.27. The molecule has 20 heavy (non-hydrogen) atoms. The minimum atomic E-state index is 0.322. The molecule has 0 radical (unpaired) electrons. The minimum Gasteiger partial charge on any atom is -0.467 e. The zero-order valence-corrected chi connectivity index (χ0v) is 12.9. The fourth-order valence-corrected chi connectivity index (χ4v) is 2.43. The van der Waals surface area contributed by atoms with Crippen LogP contribution in [0.1, 0.15) is 18.1 Å². The molecule has 0 fully saturated rings. The number of aromatic nitrogens is 3. The van der Waals surface area contributed by atoms with Crippen LogP contribution in [-0.4, -0.2) is 28.6 Å². The van der Waals surface area contributed by atoms with Crippen molar-refractivity contribution in [3.8, 4) is 6.01 Å². The largest absolute Gasteiger partial charge is 0.467 e. The Hall–Kier alpha value is -1.82. The van der Waals surface area contributed by atoms with Gasteiger partial charge in [0.15, 0.2) is 0 Å². The van der Waals surface area contributed by atoms with E-state index in [0.717, 1.165) is 11.4 Å². The number of benzene rings is 1. The van der Waals surface area contributed by atoms with E-state index >= 15 is 0 Å². The second-order valence-electron chi connectivity index (χ2n) is 4.31. The van der Waals surface area contributed by atoms with Crippen molar-refractivity contribution in [3.05, 3.63) is 29.3 Å². The number of nitrogens with one attached hydrogen (secondary N) is 1. The number of ether oxygens (including phenoxy) is 1. The van der Waals surface area contributed by atoms with E-state index in [2.05, 4.69) is 52.3 Å². The molecule has 1 aromatic heterocycles. The van der Waals surface area contributed by atoms with Gasteiger partial charge in [0.05, 0.1) is 7.11 Å². The third-order valence-corrected chi connectivity index (χ3v) is 3.65. The summed E-state index contributed by atoms with van der Waals surface area (Å²) >= 11 is 1.50. The van der Waals surface area contributed by atoms with Crippen molar-refractivity contribution >= 4 is 17.7 Å². The Morgan fingerprint density at radius 2 is 1.95 bits per heavy atom. The van der Waals surface area contributed by atoms with E-state index < -0.39 is 0 Å². The first-order valence-electron chi connectivity index (χ1n) is 6.41. The smallest absolute Gasteiger partial charge is 0.321 e. The first kappa shape index (κ1) is 14.6. The summed E-state index contributed by atoms with van der Waals surface area (Å²) in [4.78, 5) is 13.9. The number of methoxy groups -OCH3 is 1. The maximum absolute atomic E-state index is 5.11. The third-order valence-electron chi connectivity index (χ3n) is 2.80. The molecule has 0 aliphatic rings. The predicted octanol–water partition coefficient (Wildman–Crippen LogP) is 3.08. The molecule has 5 nitrogen and oxygen atoms in total. The van der Waals surface area contributed by atoms with Crippen LogP contribution in [0.15, 0.2) is 28.3 Å². The van der Waals surface area contributed by atoms with Crippen LogP contribution in [0.4, 0.5) is 5.95 Å². The quantitative estimate of drug-likeness (QED) is 0.913. The van der Waals surface area contributed by atoms with Gasteiger partial charge in [-0.15, -0.1) is 0 Å². The van der Waals surface area contributed by atoms with Gasteiger partial charge >= 0.3 is 6.01 Å². The van der Waals surface area contributed by atoms with Gasteiger partial charge in [0.2, 0.25) is 11.1 Å². The fourth-order valence-electron chi connectivity index (χ4n) is 1.59. The Morgan fingerprint density at radius 3 is 2.60 bits per heavy atom. The topological polar surface area (TPSA) is 59.9 Å². The molecule has 1 aromatic carbocycles. The van der Waals surface area contributed by atoms with E-state index in [0.29, 0.717) is 17.1 Å². The monoisotopic (exact) mass is 290 g/mol. The number of anilines is 1. The summed E-state index contributed by atoms with van der Waals surface area (Å²) < 4.78 is 5.11. The molecule has 6 heteroatoms. The zero-order valence-electron chi connectivity index (χ0n) is 12.1. The first-order chi connectivity index (χ1) is 9.62. The molecule has 1 heterocycles. The summed E-state index contributed by atoms with van der Waals surface area (Å²) in [6.07, 6.45) is 0. The van der Waals surface area contributed by atoms with Crippen molar-refractivity contribution in [1.29, 1.82) is 0 Å². The molecule has 0 unspecified atom stereocenters. The molecule has 0 atom stereocenters. The summed E-state index contributed by atoms with van der Waals surface area (Å²) in [6.45, 7) is 6.93. The number of aryl methyl sites for hydroxylation is 2. The van der Waals surface area contributed by atoms with E-state index in [9.17, 15) is 0 Å². The maximum atomic E-state index is 5.11. The summed E-state index contributed by atoms with van der Waals surface area (Å²) in [5.41, 5.74) is 2.53. The molecule has 1 N–H and O–H groups in total. The van der Waals surface area contributed by atoms with Crippen molar-refractivity contribution in [1.82, 2.24) is 15.0 Å². The molecule has 0 spiro atoms. The highest BCUT2D eigenvalue weighted by Gasteiger charge is 2.08. The van der Waals surface area contributed by atoms with E-state index in [-0.39, 0.29) is 0 Å². The normalized spacial score (nSPS) is 10.4. The molecule has 106 valence electrons. The molecule has 0 amide bonds. The Bertz CT molecular complexity index is 604. The number of hydrogen-bond acceptors (Lipinski definition) is 6. The Labute approximate surface area is 123 Å². The van der Waals surface area contributed by atoms with E-state index in [4.69, 9.17) is 4.74 Å². The highest BCUT2D eigenvalue weighted by Crippen LogP contribution is 2.27. The van der Waals surface area contributed by atoms with Gasteiger partial charge in [0.25, 0.3) is 0 Å².